The largest absolute Gasteiger partial charge is 0.444 e. The number of hydrogen-bond donors (Lipinski definition) is 1. The zero-order chi connectivity index (χ0) is 18.0. The van der Waals surface area contributed by atoms with Gasteiger partial charge < -0.3 is 18.8 Å². The van der Waals surface area contributed by atoms with Crippen LogP contribution in [0.15, 0.2) is 18.6 Å². The summed E-state index contributed by atoms with van der Waals surface area (Å²) < 4.78 is 12.1. The monoisotopic (exact) mass is 347 g/mol. The average molecular weight is 347 g/mol. The summed E-state index contributed by atoms with van der Waals surface area (Å²) in [5.74, 6) is -0.0244. The number of anilines is 1. The zero-order valence-electron chi connectivity index (χ0n) is 14.5. The Bertz CT molecular complexity index is 789. The summed E-state index contributed by atoms with van der Waals surface area (Å²) >= 11 is 0. The summed E-state index contributed by atoms with van der Waals surface area (Å²) in [5.41, 5.74) is -0.0120. The second-order valence-corrected chi connectivity index (χ2v) is 6.66. The highest BCUT2D eigenvalue weighted by molar-refractivity contribution is 5.98. The number of nitrogens with zero attached hydrogens (tertiary/aromatic N) is 4. The third kappa shape index (κ3) is 4.05. The van der Waals surface area contributed by atoms with E-state index in [9.17, 15) is 9.59 Å². The molecule has 25 heavy (non-hydrogen) atoms. The first kappa shape index (κ1) is 17.2. The van der Waals surface area contributed by atoms with Crippen LogP contribution >= 0.6 is 0 Å². The lowest BCUT2D eigenvalue weighted by molar-refractivity contribution is 0.0300. The topological polar surface area (TPSA) is 98.1 Å². The first-order valence-electron chi connectivity index (χ1n) is 8.04. The molecule has 0 spiro atoms. The lowest BCUT2D eigenvalue weighted by atomic mass is 10.2. The van der Waals surface area contributed by atoms with E-state index in [2.05, 4.69) is 15.3 Å². The van der Waals surface area contributed by atoms with E-state index in [4.69, 9.17) is 9.47 Å². The van der Waals surface area contributed by atoms with Crippen LogP contribution in [0.5, 0.6) is 0 Å². The molecule has 2 aromatic heterocycles. The zero-order valence-corrected chi connectivity index (χ0v) is 14.5. The molecule has 0 saturated carbocycles. The Balaban J connectivity index is 1.88. The van der Waals surface area contributed by atoms with Gasteiger partial charge in [0.15, 0.2) is 17.2 Å². The van der Waals surface area contributed by atoms with E-state index in [0.717, 1.165) is 0 Å². The minimum absolute atomic E-state index is 0.181. The smallest absolute Gasteiger partial charge is 0.413 e. The molecule has 9 heteroatoms. The van der Waals surface area contributed by atoms with Gasteiger partial charge in [-0.25, -0.2) is 14.8 Å². The number of aromatic nitrogens is 3. The molecule has 1 saturated heterocycles. The summed E-state index contributed by atoms with van der Waals surface area (Å²) in [6, 6.07) is 0. The average Bonchev–Trinajstić information content (AvgIpc) is 3.00. The Labute approximate surface area is 144 Å². The Hall–Kier alpha value is -2.68. The molecule has 1 fully saturated rings. The number of morpholine rings is 1. The van der Waals surface area contributed by atoms with Gasteiger partial charge in [-0.2, -0.15) is 0 Å². The number of amides is 2. The molecule has 0 aliphatic carbocycles. The predicted octanol–water partition coefficient (Wildman–Crippen LogP) is 1.55. The van der Waals surface area contributed by atoms with Gasteiger partial charge in [-0.15, -0.1) is 0 Å². The Kier molecular flexibility index (Phi) is 4.58. The molecule has 1 aliphatic heterocycles. The Morgan fingerprint density at radius 2 is 2.00 bits per heavy atom. The van der Waals surface area contributed by atoms with Crippen molar-refractivity contribution >= 4 is 23.5 Å². The molecule has 1 aliphatic rings. The molecule has 1 N–H and O–H groups in total. The number of imidazole rings is 1. The van der Waals surface area contributed by atoms with E-state index in [-0.39, 0.29) is 17.4 Å². The van der Waals surface area contributed by atoms with Gasteiger partial charge >= 0.3 is 6.09 Å². The summed E-state index contributed by atoms with van der Waals surface area (Å²) in [5, 5.41) is 2.56. The number of nitrogens with one attached hydrogen (secondary N) is 1. The van der Waals surface area contributed by atoms with E-state index < -0.39 is 11.7 Å². The summed E-state index contributed by atoms with van der Waals surface area (Å²) in [4.78, 5) is 34.9. The maximum absolute atomic E-state index is 12.8. The molecular formula is C16H21N5O4. The fourth-order valence-electron chi connectivity index (χ4n) is 2.46. The van der Waals surface area contributed by atoms with Crippen LogP contribution in [0.3, 0.4) is 0 Å². The number of hydrogen-bond acceptors (Lipinski definition) is 6. The third-order valence-corrected chi connectivity index (χ3v) is 3.50. The molecule has 0 radical (unpaired) electrons. The van der Waals surface area contributed by atoms with Gasteiger partial charge in [0.2, 0.25) is 0 Å². The van der Waals surface area contributed by atoms with Crippen molar-refractivity contribution < 1.29 is 19.1 Å². The van der Waals surface area contributed by atoms with Crippen LogP contribution in [0.2, 0.25) is 0 Å². The van der Waals surface area contributed by atoms with Crippen LogP contribution in [-0.2, 0) is 9.47 Å². The van der Waals surface area contributed by atoms with Gasteiger partial charge in [-0.1, -0.05) is 0 Å². The molecule has 0 bridgehead atoms. The minimum Gasteiger partial charge on any atom is -0.444 e. The highest BCUT2D eigenvalue weighted by atomic mass is 16.6. The molecule has 0 aromatic carbocycles. The molecule has 9 nitrogen and oxygen atoms in total. The molecule has 2 amide bonds. The van der Waals surface area contributed by atoms with Crippen LogP contribution in [0.4, 0.5) is 10.6 Å². The maximum Gasteiger partial charge on any atom is 0.413 e. The van der Waals surface area contributed by atoms with Gasteiger partial charge in [0.25, 0.3) is 5.91 Å². The first-order chi connectivity index (χ1) is 11.8. The van der Waals surface area contributed by atoms with E-state index in [1.165, 1.54) is 0 Å². The van der Waals surface area contributed by atoms with E-state index in [0.29, 0.717) is 32.0 Å². The lowest BCUT2D eigenvalue weighted by Gasteiger charge is -2.26. The van der Waals surface area contributed by atoms with Gasteiger partial charge in [0, 0.05) is 25.5 Å². The number of ether oxygens (including phenoxy) is 2. The van der Waals surface area contributed by atoms with Crippen molar-refractivity contribution in [2.24, 2.45) is 0 Å². The molecule has 3 heterocycles. The van der Waals surface area contributed by atoms with Crippen molar-refractivity contribution in [2.75, 3.05) is 31.6 Å². The van der Waals surface area contributed by atoms with Gasteiger partial charge in [-0.3, -0.25) is 10.1 Å². The standard InChI is InChI=1S/C16H21N5O4/c1-16(2,3)25-15(23)19-11-10-21-5-4-17-13(21)12(18-11)14(22)20-6-8-24-9-7-20/h4-5,10H,6-9H2,1-3H3,(H,19,23). The summed E-state index contributed by atoms with van der Waals surface area (Å²) in [7, 11) is 0. The van der Waals surface area contributed by atoms with Gasteiger partial charge in [0.05, 0.1) is 19.4 Å². The van der Waals surface area contributed by atoms with Crippen molar-refractivity contribution in [3.8, 4) is 0 Å². The molecular weight excluding hydrogens is 326 g/mol. The first-order valence-corrected chi connectivity index (χ1v) is 8.04. The quantitative estimate of drug-likeness (QED) is 0.885. The fourth-order valence-corrected chi connectivity index (χ4v) is 2.46. The van der Waals surface area contributed by atoms with E-state index in [1.807, 2.05) is 0 Å². The molecule has 2 aromatic rings. The molecule has 0 atom stereocenters. The second kappa shape index (κ2) is 6.67. The van der Waals surface area contributed by atoms with E-state index in [1.54, 1.807) is 48.7 Å². The van der Waals surface area contributed by atoms with Crippen LogP contribution in [0.1, 0.15) is 31.3 Å². The molecule has 0 unspecified atom stereocenters. The second-order valence-electron chi connectivity index (χ2n) is 6.66. The minimum atomic E-state index is -0.635. The Morgan fingerprint density at radius 1 is 1.28 bits per heavy atom. The summed E-state index contributed by atoms with van der Waals surface area (Å²) in [6.45, 7) is 7.29. The number of carbonyl (C=O) groups is 2. The number of fused-ring (bicyclic) bond motifs is 1. The molecule has 3 rings (SSSR count). The van der Waals surface area contributed by atoms with Crippen molar-refractivity contribution in [3.63, 3.8) is 0 Å². The van der Waals surface area contributed by atoms with E-state index >= 15 is 0 Å². The van der Waals surface area contributed by atoms with Gasteiger partial charge in [-0.05, 0) is 20.8 Å². The fraction of sp³-hybridized carbons (Fsp3) is 0.500. The Morgan fingerprint density at radius 3 is 2.68 bits per heavy atom. The van der Waals surface area contributed by atoms with Crippen molar-refractivity contribution in [2.45, 2.75) is 26.4 Å². The number of carbonyl (C=O) groups excluding carboxylic acids is 2. The SMILES string of the molecule is CC(C)(C)OC(=O)Nc1cn2ccnc2c(C(=O)N2CCOCC2)n1. The van der Waals surface area contributed by atoms with Crippen LogP contribution in [0.25, 0.3) is 5.65 Å². The van der Waals surface area contributed by atoms with Crippen molar-refractivity contribution in [3.05, 3.63) is 24.3 Å². The lowest BCUT2D eigenvalue weighted by Crippen LogP contribution is -2.41. The third-order valence-electron chi connectivity index (χ3n) is 3.50. The summed E-state index contributed by atoms with van der Waals surface area (Å²) in [6.07, 6.45) is 4.21. The van der Waals surface area contributed by atoms with Crippen molar-refractivity contribution in [1.82, 2.24) is 19.3 Å². The van der Waals surface area contributed by atoms with Crippen molar-refractivity contribution in [1.29, 1.82) is 0 Å². The highest BCUT2D eigenvalue weighted by Crippen LogP contribution is 2.16. The maximum atomic E-state index is 12.8. The highest BCUT2D eigenvalue weighted by Gasteiger charge is 2.24. The van der Waals surface area contributed by atoms with Crippen LogP contribution in [0, 0.1) is 0 Å². The molecule has 134 valence electrons. The number of rotatable bonds is 2. The van der Waals surface area contributed by atoms with Crippen LogP contribution in [-0.4, -0.2) is 63.2 Å². The van der Waals surface area contributed by atoms with Gasteiger partial charge in [0.1, 0.15) is 5.60 Å². The van der Waals surface area contributed by atoms with Crippen LogP contribution < -0.4 is 5.32 Å². The predicted molar refractivity (Wildman–Crippen MR) is 89.6 cm³/mol. The normalized spacial score (nSPS) is 15.2.